The Morgan fingerprint density at radius 2 is 1.84 bits per heavy atom. The summed E-state index contributed by atoms with van der Waals surface area (Å²) in [4.78, 5) is 13.8. The molecule has 0 spiro atoms. The molecule has 1 aromatic carbocycles. The molecule has 25 heavy (non-hydrogen) atoms. The molecule has 0 atom stereocenters. The number of rotatable bonds is 2. The minimum Gasteiger partial charge on any atom is -0.324 e. The number of anilines is 1. The molecule has 0 saturated carbocycles. The number of alkyl halides is 3. The zero-order valence-corrected chi connectivity index (χ0v) is 13.8. The van der Waals surface area contributed by atoms with Crippen LogP contribution in [0, 0.1) is 0 Å². The highest BCUT2D eigenvalue weighted by atomic mass is 35.5. The Morgan fingerprint density at radius 1 is 1.20 bits per heavy atom. The number of urea groups is 1. The third kappa shape index (κ3) is 4.04. The number of aromatic nitrogens is 3. The molecule has 134 valence electrons. The molecule has 1 aliphatic rings. The van der Waals surface area contributed by atoms with Gasteiger partial charge in [0.1, 0.15) is 12.7 Å². The molecule has 0 bridgehead atoms. The highest BCUT2D eigenvalue weighted by Gasteiger charge is 2.35. The molecular weight excluding hydrogens is 359 g/mol. The maximum Gasteiger partial charge on any atom is 0.418 e. The van der Waals surface area contributed by atoms with Gasteiger partial charge in [-0.15, -0.1) is 10.2 Å². The molecule has 1 aliphatic heterocycles. The van der Waals surface area contributed by atoms with Gasteiger partial charge in [0.05, 0.1) is 11.3 Å². The Bertz CT molecular complexity index is 742. The summed E-state index contributed by atoms with van der Waals surface area (Å²) in [5, 5.41) is 9.80. The average molecular weight is 374 g/mol. The van der Waals surface area contributed by atoms with E-state index in [1.807, 2.05) is 4.57 Å². The number of likely N-dealkylation sites (tertiary alicyclic amines) is 1. The fraction of sp³-hybridized carbons (Fsp3) is 0.400. The van der Waals surface area contributed by atoms with Crippen LogP contribution in [0.4, 0.5) is 23.7 Å². The maximum atomic E-state index is 13.1. The number of benzene rings is 1. The Morgan fingerprint density at radius 3 is 2.44 bits per heavy atom. The van der Waals surface area contributed by atoms with Crippen LogP contribution >= 0.6 is 11.6 Å². The van der Waals surface area contributed by atoms with Crippen LogP contribution in [-0.2, 0) is 6.18 Å². The molecule has 0 unspecified atom stereocenters. The number of hydrogen-bond donors (Lipinski definition) is 1. The van der Waals surface area contributed by atoms with Crippen LogP contribution in [0.3, 0.4) is 0 Å². The van der Waals surface area contributed by atoms with Crippen molar-refractivity contribution in [1.29, 1.82) is 0 Å². The summed E-state index contributed by atoms with van der Waals surface area (Å²) in [6.45, 7) is 0.868. The van der Waals surface area contributed by atoms with Gasteiger partial charge in [-0.3, -0.25) is 0 Å². The summed E-state index contributed by atoms with van der Waals surface area (Å²) in [6.07, 6.45) is -0.0151. The van der Waals surface area contributed by atoms with Crippen molar-refractivity contribution in [3.63, 3.8) is 0 Å². The second kappa shape index (κ2) is 6.91. The highest BCUT2D eigenvalue weighted by Crippen LogP contribution is 2.36. The van der Waals surface area contributed by atoms with Gasteiger partial charge in [0, 0.05) is 24.2 Å². The molecule has 10 heteroatoms. The lowest BCUT2D eigenvalue weighted by molar-refractivity contribution is -0.136. The summed E-state index contributed by atoms with van der Waals surface area (Å²) in [5.74, 6) is 0. The molecule has 1 fully saturated rings. The van der Waals surface area contributed by atoms with Crippen molar-refractivity contribution in [1.82, 2.24) is 19.7 Å². The van der Waals surface area contributed by atoms with Crippen molar-refractivity contribution in [2.24, 2.45) is 0 Å². The second-order valence-corrected chi connectivity index (χ2v) is 6.18. The summed E-state index contributed by atoms with van der Waals surface area (Å²) >= 11 is 5.64. The lowest BCUT2D eigenvalue weighted by atomic mass is 10.1. The third-order valence-corrected chi connectivity index (χ3v) is 4.37. The summed E-state index contributed by atoms with van der Waals surface area (Å²) < 4.78 is 41.1. The number of amides is 2. The molecule has 1 N–H and O–H groups in total. The molecule has 2 heterocycles. The van der Waals surface area contributed by atoms with Gasteiger partial charge in [-0.2, -0.15) is 13.2 Å². The molecule has 2 amide bonds. The van der Waals surface area contributed by atoms with Gasteiger partial charge in [-0.25, -0.2) is 4.79 Å². The first-order chi connectivity index (χ1) is 11.8. The lowest BCUT2D eigenvalue weighted by Crippen LogP contribution is -2.41. The van der Waals surface area contributed by atoms with E-state index < -0.39 is 17.8 Å². The molecule has 2 aromatic rings. The quantitative estimate of drug-likeness (QED) is 0.870. The number of carbonyl (C=O) groups excluding carboxylic acids is 1. The first kappa shape index (κ1) is 17.5. The summed E-state index contributed by atoms with van der Waals surface area (Å²) in [7, 11) is 0. The minimum atomic E-state index is -4.60. The smallest absolute Gasteiger partial charge is 0.324 e. The van der Waals surface area contributed by atoms with Gasteiger partial charge < -0.3 is 14.8 Å². The SMILES string of the molecule is O=C(Nc1ccc(Cl)cc1C(F)(F)F)N1CCC(n2cnnc2)CC1. The number of piperidine rings is 1. The monoisotopic (exact) mass is 373 g/mol. The normalized spacial score (nSPS) is 16.1. The van der Waals surface area contributed by atoms with E-state index in [0.717, 1.165) is 12.1 Å². The zero-order valence-electron chi connectivity index (χ0n) is 13.0. The Labute approximate surface area is 146 Å². The number of hydrogen-bond acceptors (Lipinski definition) is 3. The van der Waals surface area contributed by atoms with E-state index in [1.54, 1.807) is 12.7 Å². The average Bonchev–Trinajstić information content (AvgIpc) is 3.10. The molecule has 1 aromatic heterocycles. The van der Waals surface area contributed by atoms with E-state index in [0.29, 0.717) is 25.9 Å². The molecular formula is C15H15ClF3N5O. The molecule has 1 saturated heterocycles. The Kier molecular flexibility index (Phi) is 4.85. The molecule has 0 aliphatic carbocycles. The van der Waals surface area contributed by atoms with Gasteiger partial charge in [0.2, 0.25) is 0 Å². The predicted molar refractivity (Wildman–Crippen MR) is 85.3 cm³/mol. The van der Waals surface area contributed by atoms with Crippen LogP contribution in [0.25, 0.3) is 0 Å². The number of nitrogens with zero attached hydrogens (tertiary/aromatic N) is 4. The van der Waals surface area contributed by atoms with Gasteiger partial charge in [-0.05, 0) is 31.0 Å². The van der Waals surface area contributed by atoms with E-state index in [-0.39, 0.29) is 16.8 Å². The van der Waals surface area contributed by atoms with E-state index in [2.05, 4.69) is 15.5 Å². The highest BCUT2D eigenvalue weighted by molar-refractivity contribution is 6.30. The van der Waals surface area contributed by atoms with Gasteiger partial charge in [0.15, 0.2) is 0 Å². The van der Waals surface area contributed by atoms with E-state index >= 15 is 0 Å². The largest absolute Gasteiger partial charge is 0.418 e. The van der Waals surface area contributed by atoms with Gasteiger partial charge in [0.25, 0.3) is 0 Å². The number of carbonyl (C=O) groups is 1. The first-order valence-corrected chi connectivity index (χ1v) is 7.99. The van der Waals surface area contributed by atoms with E-state index in [9.17, 15) is 18.0 Å². The maximum absolute atomic E-state index is 13.1. The third-order valence-electron chi connectivity index (χ3n) is 4.14. The van der Waals surface area contributed by atoms with Crippen molar-refractivity contribution in [3.05, 3.63) is 41.4 Å². The van der Waals surface area contributed by atoms with Gasteiger partial charge in [-0.1, -0.05) is 11.6 Å². The lowest BCUT2D eigenvalue weighted by Gasteiger charge is -2.32. The van der Waals surface area contributed by atoms with Crippen LogP contribution in [0.15, 0.2) is 30.9 Å². The Hall–Kier alpha value is -2.29. The van der Waals surface area contributed by atoms with Crippen LogP contribution in [0.1, 0.15) is 24.4 Å². The molecule has 0 radical (unpaired) electrons. The summed E-state index contributed by atoms with van der Waals surface area (Å²) in [6, 6.07) is 2.89. The van der Waals surface area contributed by atoms with Gasteiger partial charge >= 0.3 is 12.2 Å². The molecule has 6 nitrogen and oxygen atoms in total. The Balaban J connectivity index is 1.66. The number of nitrogens with one attached hydrogen (secondary N) is 1. The van der Waals surface area contributed by atoms with Crippen molar-refractivity contribution in [2.75, 3.05) is 18.4 Å². The minimum absolute atomic E-state index is 0.0416. The molecule has 3 rings (SSSR count). The zero-order chi connectivity index (χ0) is 18.0. The van der Waals surface area contributed by atoms with Crippen molar-refractivity contribution >= 4 is 23.3 Å². The van der Waals surface area contributed by atoms with Crippen LogP contribution in [0.2, 0.25) is 5.02 Å². The van der Waals surface area contributed by atoms with Crippen molar-refractivity contribution in [3.8, 4) is 0 Å². The fourth-order valence-electron chi connectivity index (χ4n) is 2.82. The first-order valence-electron chi connectivity index (χ1n) is 7.61. The predicted octanol–water partition coefficient (Wildman–Crippen LogP) is 3.82. The second-order valence-electron chi connectivity index (χ2n) is 5.75. The van der Waals surface area contributed by atoms with E-state index in [4.69, 9.17) is 11.6 Å². The van der Waals surface area contributed by atoms with Crippen molar-refractivity contribution in [2.45, 2.75) is 25.1 Å². The van der Waals surface area contributed by atoms with Crippen LogP contribution in [-0.4, -0.2) is 38.8 Å². The standard InChI is InChI=1S/C15H15ClF3N5O/c16-10-1-2-13(12(7-10)15(17,18)19)22-14(25)23-5-3-11(4-6-23)24-8-20-21-9-24/h1-2,7-9,11H,3-6H2,(H,22,25). The van der Waals surface area contributed by atoms with Crippen molar-refractivity contribution < 1.29 is 18.0 Å². The fourth-order valence-corrected chi connectivity index (χ4v) is 2.99. The number of halogens is 4. The van der Waals surface area contributed by atoms with E-state index in [1.165, 1.54) is 11.0 Å². The summed E-state index contributed by atoms with van der Waals surface area (Å²) in [5.41, 5.74) is -1.27. The van der Waals surface area contributed by atoms with Crippen LogP contribution in [0.5, 0.6) is 0 Å². The van der Waals surface area contributed by atoms with Crippen LogP contribution < -0.4 is 5.32 Å². The topological polar surface area (TPSA) is 63.1 Å².